The maximum atomic E-state index is 11.8. The predicted octanol–water partition coefficient (Wildman–Crippen LogP) is 2.60. The first-order chi connectivity index (χ1) is 10.2. The Labute approximate surface area is 126 Å². The van der Waals surface area contributed by atoms with Crippen LogP contribution in [0, 0.1) is 0 Å². The maximum absolute atomic E-state index is 11.8. The van der Waals surface area contributed by atoms with E-state index in [-0.39, 0.29) is 12.5 Å². The molecular weight excluding hydrogens is 288 g/mol. The summed E-state index contributed by atoms with van der Waals surface area (Å²) in [6.45, 7) is -0.329. The van der Waals surface area contributed by atoms with Crippen molar-refractivity contribution in [2.45, 2.75) is 4.90 Å². The Kier molecular flexibility index (Phi) is 5.34. The van der Waals surface area contributed by atoms with E-state index in [1.165, 1.54) is 36.3 Å². The van der Waals surface area contributed by atoms with Gasteiger partial charge in [0.25, 0.3) is 5.91 Å². The van der Waals surface area contributed by atoms with E-state index in [1.54, 1.807) is 6.07 Å². The van der Waals surface area contributed by atoms with Gasteiger partial charge in [-0.15, -0.1) is 11.8 Å². The van der Waals surface area contributed by atoms with Crippen LogP contribution in [0.5, 0.6) is 0 Å². The Morgan fingerprint density at radius 3 is 2.62 bits per heavy atom. The van der Waals surface area contributed by atoms with Crippen molar-refractivity contribution >= 4 is 29.3 Å². The van der Waals surface area contributed by atoms with Crippen LogP contribution in [-0.4, -0.2) is 29.7 Å². The standard InChI is InChI=1S/C15H14N2O3S/c1-21-13-5-3-2-4-12(13)17-14(18)10-20-15(19)11-6-8-16-9-7-11/h2-9H,10H2,1H3,(H,17,18). The first kappa shape index (κ1) is 15.1. The molecule has 2 rings (SSSR count). The molecule has 1 N–H and O–H groups in total. The summed E-state index contributed by atoms with van der Waals surface area (Å²) in [6.07, 6.45) is 4.91. The van der Waals surface area contributed by atoms with Gasteiger partial charge in [0, 0.05) is 17.3 Å². The Hall–Kier alpha value is -2.34. The summed E-state index contributed by atoms with van der Waals surface area (Å²) in [5, 5.41) is 2.72. The number of aromatic nitrogens is 1. The monoisotopic (exact) mass is 302 g/mol. The van der Waals surface area contributed by atoms with Gasteiger partial charge >= 0.3 is 5.97 Å². The zero-order valence-electron chi connectivity index (χ0n) is 11.4. The molecule has 0 saturated heterocycles. The number of nitrogens with zero attached hydrogens (tertiary/aromatic N) is 1. The van der Waals surface area contributed by atoms with Crippen molar-refractivity contribution in [3.05, 3.63) is 54.4 Å². The minimum absolute atomic E-state index is 0.329. The van der Waals surface area contributed by atoms with Crippen molar-refractivity contribution in [1.29, 1.82) is 0 Å². The highest BCUT2D eigenvalue weighted by Gasteiger charge is 2.11. The fourth-order valence-electron chi connectivity index (χ4n) is 1.64. The van der Waals surface area contributed by atoms with Crippen LogP contribution in [0.25, 0.3) is 0 Å². The number of carbonyl (C=O) groups excluding carboxylic acids is 2. The zero-order chi connectivity index (χ0) is 15.1. The van der Waals surface area contributed by atoms with Crippen molar-refractivity contribution in [3.8, 4) is 0 Å². The van der Waals surface area contributed by atoms with Gasteiger partial charge in [-0.2, -0.15) is 0 Å². The summed E-state index contributed by atoms with van der Waals surface area (Å²) in [4.78, 5) is 28.3. The molecule has 21 heavy (non-hydrogen) atoms. The molecule has 2 aromatic rings. The number of pyridine rings is 1. The van der Waals surface area contributed by atoms with E-state index in [1.807, 2.05) is 24.5 Å². The molecule has 0 saturated carbocycles. The Morgan fingerprint density at radius 2 is 1.90 bits per heavy atom. The van der Waals surface area contributed by atoms with Gasteiger partial charge in [0.05, 0.1) is 11.3 Å². The number of amides is 1. The van der Waals surface area contributed by atoms with Crippen molar-refractivity contribution in [2.24, 2.45) is 0 Å². The van der Waals surface area contributed by atoms with E-state index in [9.17, 15) is 9.59 Å². The van der Waals surface area contributed by atoms with Gasteiger partial charge in [0.2, 0.25) is 0 Å². The number of hydrogen-bond donors (Lipinski definition) is 1. The van der Waals surface area contributed by atoms with Crippen molar-refractivity contribution in [3.63, 3.8) is 0 Å². The molecule has 108 valence electrons. The Balaban J connectivity index is 1.89. The summed E-state index contributed by atoms with van der Waals surface area (Å²) in [5.41, 5.74) is 1.07. The molecule has 0 radical (unpaired) electrons. The highest BCUT2D eigenvalue weighted by Crippen LogP contribution is 2.24. The number of ether oxygens (including phenoxy) is 1. The number of rotatable bonds is 5. The minimum Gasteiger partial charge on any atom is -0.452 e. The van der Waals surface area contributed by atoms with Gasteiger partial charge in [0.1, 0.15) is 0 Å². The molecule has 0 aliphatic carbocycles. The van der Waals surface area contributed by atoms with Gasteiger partial charge in [-0.25, -0.2) is 4.79 Å². The number of hydrogen-bond acceptors (Lipinski definition) is 5. The third-order valence-electron chi connectivity index (χ3n) is 2.63. The Bertz CT molecular complexity index is 632. The highest BCUT2D eigenvalue weighted by atomic mass is 32.2. The van der Waals surface area contributed by atoms with Gasteiger partial charge in [0.15, 0.2) is 6.61 Å². The van der Waals surface area contributed by atoms with Gasteiger partial charge < -0.3 is 10.1 Å². The second-order valence-corrected chi connectivity index (χ2v) is 4.91. The third kappa shape index (κ3) is 4.32. The van der Waals surface area contributed by atoms with Gasteiger partial charge in [-0.3, -0.25) is 9.78 Å². The molecule has 0 atom stereocenters. The summed E-state index contributed by atoms with van der Waals surface area (Å²) in [6, 6.07) is 10.5. The second-order valence-electron chi connectivity index (χ2n) is 4.06. The molecule has 0 aliphatic heterocycles. The number of esters is 1. The molecule has 0 aliphatic rings. The van der Waals surface area contributed by atoms with Gasteiger partial charge in [-0.05, 0) is 30.5 Å². The molecule has 1 aromatic heterocycles. The molecule has 6 heteroatoms. The fourth-order valence-corrected chi connectivity index (χ4v) is 2.19. The number of benzene rings is 1. The van der Waals surface area contributed by atoms with E-state index < -0.39 is 5.97 Å². The summed E-state index contributed by atoms with van der Waals surface area (Å²) < 4.78 is 4.95. The number of carbonyl (C=O) groups is 2. The average molecular weight is 302 g/mol. The lowest BCUT2D eigenvalue weighted by atomic mass is 10.3. The number of para-hydroxylation sites is 1. The SMILES string of the molecule is CSc1ccccc1NC(=O)COC(=O)c1ccncc1. The Morgan fingerprint density at radius 1 is 1.19 bits per heavy atom. The smallest absolute Gasteiger partial charge is 0.338 e. The fraction of sp³-hybridized carbons (Fsp3) is 0.133. The molecule has 1 aromatic carbocycles. The van der Waals surface area contributed by atoms with Crippen LogP contribution in [0.3, 0.4) is 0 Å². The summed E-state index contributed by atoms with van der Waals surface area (Å²) in [5.74, 6) is -0.926. The maximum Gasteiger partial charge on any atom is 0.338 e. The number of nitrogens with one attached hydrogen (secondary N) is 1. The molecule has 1 heterocycles. The largest absolute Gasteiger partial charge is 0.452 e. The van der Waals surface area contributed by atoms with Crippen LogP contribution in [0.4, 0.5) is 5.69 Å². The van der Waals surface area contributed by atoms with Crippen LogP contribution >= 0.6 is 11.8 Å². The van der Waals surface area contributed by atoms with Crippen molar-refractivity contribution < 1.29 is 14.3 Å². The van der Waals surface area contributed by atoms with E-state index in [2.05, 4.69) is 10.3 Å². The molecule has 0 fully saturated rings. The lowest BCUT2D eigenvalue weighted by Crippen LogP contribution is -2.21. The number of thioether (sulfide) groups is 1. The summed E-state index contributed by atoms with van der Waals surface area (Å²) in [7, 11) is 0. The first-order valence-electron chi connectivity index (χ1n) is 6.20. The van der Waals surface area contributed by atoms with E-state index in [0.717, 1.165) is 4.90 Å². The predicted molar refractivity (Wildman–Crippen MR) is 81.4 cm³/mol. The van der Waals surface area contributed by atoms with Crippen molar-refractivity contribution in [2.75, 3.05) is 18.2 Å². The molecule has 1 amide bonds. The highest BCUT2D eigenvalue weighted by molar-refractivity contribution is 7.98. The first-order valence-corrected chi connectivity index (χ1v) is 7.43. The van der Waals surface area contributed by atoms with Crippen LogP contribution in [0.1, 0.15) is 10.4 Å². The van der Waals surface area contributed by atoms with Crippen molar-refractivity contribution in [1.82, 2.24) is 4.98 Å². The van der Waals surface area contributed by atoms with Gasteiger partial charge in [-0.1, -0.05) is 12.1 Å². The van der Waals surface area contributed by atoms with Crippen LogP contribution in [0.15, 0.2) is 53.7 Å². The molecule has 0 unspecified atom stereocenters. The minimum atomic E-state index is -0.550. The quantitative estimate of drug-likeness (QED) is 0.679. The normalized spacial score (nSPS) is 9.95. The lowest BCUT2D eigenvalue weighted by molar-refractivity contribution is -0.119. The van der Waals surface area contributed by atoms with E-state index in [4.69, 9.17) is 4.74 Å². The van der Waals surface area contributed by atoms with E-state index >= 15 is 0 Å². The third-order valence-corrected chi connectivity index (χ3v) is 3.43. The molecule has 5 nitrogen and oxygen atoms in total. The molecule has 0 spiro atoms. The van der Waals surface area contributed by atoms with Crippen LogP contribution < -0.4 is 5.32 Å². The molecule has 0 bridgehead atoms. The number of anilines is 1. The average Bonchev–Trinajstić information content (AvgIpc) is 2.54. The topological polar surface area (TPSA) is 68.3 Å². The zero-order valence-corrected chi connectivity index (χ0v) is 12.2. The lowest BCUT2D eigenvalue weighted by Gasteiger charge is -2.09. The van der Waals surface area contributed by atoms with Crippen LogP contribution in [0.2, 0.25) is 0 Å². The summed E-state index contributed by atoms with van der Waals surface area (Å²) >= 11 is 1.53. The van der Waals surface area contributed by atoms with E-state index in [0.29, 0.717) is 11.3 Å². The second kappa shape index (κ2) is 7.44. The molecular formula is C15H14N2O3S. The van der Waals surface area contributed by atoms with Crippen LogP contribution in [-0.2, 0) is 9.53 Å².